The van der Waals surface area contributed by atoms with Crippen LogP contribution in [0.3, 0.4) is 0 Å². The Labute approximate surface area is 241 Å². The van der Waals surface area contributed by atoms with Gasteiger partial charge in [-0.3, -0.25) is 0 Å². The minimum Gasteiger partial charge on any atom is -0.369 e. The van der Waals surface area contributed by atoms with E-state index in [0.717, 1.165) is 12.1 Å². The number of alkyl halides is 3. The smallest absolute Gasteiger partial charge is 0.369 e. The highest BCUT2D eigenvalue weighted by Crippen LogP contribution is 2.32. The Morgan fingerprint density at radius 2 is 1.95 bits per heavy atom. The summed E-state index contributed by atoms with van der Waals surface area (Å²) in [6.45, 7) is 0.804. The van der Waals surface area contributed by atoms with Crippen molar-refractivity contribution in [2.45, 2.75) is 24.0 Å². The minimum atomic E-state index is -4.55. The van der Waals surface area contributed by atoms with Crippen LogP contribution in [0.5, 0.6) is 0 Å². The summed E-state index contributed by atoms with van der Waals surface area (Å²) in [4.78, 5) is 23.1. The molecule has 0 saturated heterocycles. The number of sulfonamides is 1. The second-order valence-electron chi connectivity index (χ2n) is 9.50. The molecule has 2 amide bonds. The lowest BCUT2D eigenvalue weighted by Crippen LogP contribution is -2.30. The number of nitrogens with zero attached hydrogens (tertiary/aromatic N) is 3. The van der Waals surface area contributed by atoms with Gasteiger partial charge in [0.25, 0.3) is 0 Å². The molecule has 0 fully saturated rings. The number of benzene rings is 2. The van der Waals surface area contributed by atoms with Crippen LogP contribution in [0.15, 0.2) is 53.6 Å². The van der Waals surface area contributed by atoms with Crippen LogP contribution in [0.2, 0.25) is 0 Å². The topological polar surface area (TPSA) is 140 Å². The van der Waals surface area contributed by atoms with Crippen LogP contribution in [0.4, 0.5) is 41.1 Å². The van der Waals surface area contributed by atoms with Crippen molar-refractivity contribution in [2.75, 3.05) is 49.7 Å². The Kier molecular flexibility index (Phi) is 9.51. The quantitative estimate of drug-likeness (QED) is 0.286. The molecule has 2 aromatic carbocycles. The second-order valence-corrected chi connectivity index (χ2v) is 11.3. The summed E-state index contributed by atoms with van der Waals surface area (Å²) < 4.78 is 67.3. The molecule has 15 heteroatoms. The van der Waals surface area contributed by atoms with Gasteiger partial charge >= 0.3 is 12.2 Å². The van der Waals surface area contributed by atoms with E-state index in [-0.39, 0.29) is 29.6 Å². The molecule has 4 bridgehead atoms. The highest BCUT2D eigenvalue weighted by Gasteiger charge is 2.31. The first-order chi connectivity index (χ1) is 19.9. The third-order valence-electron chi connectivity index (χ3n) is 5.86. The van der Waals surface area contributed by atoms with Gasteiger partial charge in [0, 0.05) is 31.0 Å². The lowest BCUT2D eigenvalue weighted by molar-refractivity contribution is -0.137. The summed E-state index contributed by atoms with van der Waals surface area (Å²) in [5.74, 6) is 6.29. The number of aromatic nitrogens is 2. The van der Waals surface area contributed by atoms with E-state index >= 15 is 0 Å². The van der Waals surface area contributed by atoms with Crippen molar-refractivity contribution in [1.29, 1.82) is 0 Å². The van der Waals surface area contributed by atoms with Crippen molar-refractivity contribution in [3.05, 3.63) is 65.4 Å². The molecule has 0 aliphatic carbocycles. The first-order valence-electron chi connectivity index (χ1n) is 12.8. The van der Waals surface area contributed by atoms with Crippen molar-refractivity contribution < 1.29 is 26.4 Å². The van der Waals surface area contributed by atoms with Crippen LogP contribution in [-0.4, -0.2) is 63.0 Å². The van der Waals surface area contributed by atoms with Gasteiger partial charge in [-0.15, -0.1) is 0 Å². The zero-order valence-electron chi connectivity index (χ0n) is 22.8. The number of hydrogen-bond donors (Lipinski definition) is 5. The normalized spacial score (nSPS) is 14.5. The molecule has 1 aliphatic heterocycles. The SMILES string of the molecule is CN(C)Cc1ccc(C(F)(F)F)cc1NC(=O)NCC#Cc1cnc2nc1NCCCNS(=O)(=O)c1cccc(c1)N2. The fraction of sp³-hybridized carbons (Fsp3) is 0.296. The number of rotatable bonds is 4. The van der Waals surface area contributed by atoms with Crippen molar-refractivity contribution in [1.82, 2.24) is 24.9 Å². The van der Waals surface area contributed by atoms with Gasteiger partial charge in [-0.1, -0.05) is 24.0 Å². The summed E-state index contributed by atoms with van der Waals surface area (Å²) in [5.41, 5.74) is 0.601. The maximum absolute atomic E-state index is 13.2. The van der Waals surface area contributed by atoms with Crippen LogP contribution in [0.25, 0.3) is 0 Å². The maximum atomic E-state index is 13.2. The molecule has 0 unspecified atom stereocenters. The Bertz CT molecular complexity index is 1620. The average molecular weight is 603 g/mol. The molecule has 222 valence electrons. The molecule has 0 atom stereocenters. The maximum Gasteiger partial charge on any atom is 0.416 e. The first-order valence-corrected chi connectivity index (χ1v) is 14.3. The molecule has 0 spiro atoms. The van der Waals surface area contributed by atoms with E-state index in [0.29, 0.717) is 42.1 Å². The van der Waals surface area contributed by atoms with E-state index in [9.17, 15) is 26.4 Å². The summed E-state index contributed by atoms with van der Waals surface area (Å²) in [5, 5.41) is 11.1. The monoisotopic (exact) mass is 602 g/mol. The predicted octanol–water partition coefficient (Wildman–Crippen LogP) is 3.57. The molecular weight excluding hydrogens is 573 g/mol. The Morgan fingerprint density at radius 3 is 2.71 bits per heavy atom. The van der Waals surface area contributed by atoms with Crippen LogP contribution in [0, 0.1) is 11.8 Å². The van der Waals surface area contributed by atoms with Crippen molar-refractivity contribution >= 4 is 39.2 Å². The van der Waals surface area contributed by atoms with E-state index in [4.69, 9.17) is 0 Å². The number of nitrogens with one attached hydrogen (secondary N) is 5. The predicted molar refractivity (Wildman–Crippen MR) is 153 cm³/mol. The van der Waals surface area contributed by atoms with E-state index in [2.05, 4.69) is 47.8 Å². The number of carbonyl (C=O) groups excluding carboxylic acids is 1. The standard InChI is InChI=1S/C27H29F3N8O3S/c1-38(2)17-19-9-10-20(27(28,29)30)14-23(19)36-26(39)32-11-4-6-18-16-33-25-35-21-7-3-8-22(15-21)42(40,41)34-13-5-12-31-24(18)37-25/h3,7-10,14-16,34H,5,11-13,17H2,1-2H3,(H2,32,36,39)(H2,31,33,35,37). The molecule has 0 saturated carbocycles. The number of hydrogen-bond acceptors (Lipinski definition) is 8. The lowest BCUT2D eigenvalue weighted by Gasteiger charge is -2.17. The zero-order valence-corrected chi connectivity index (χ0v) is 23.6. The molecule has 5 N–H and O–H groups in total. The fourth-order valence-corrected chi connectivity index (χ4v) is 5.02. The highest BCUT2D eigenvalue weighted by atomic mass is 32.2. The second kappa shape index (κ2) is 13.1. The molecule has 0 radical (unpaired) electrons. The van der Waals surface area contributed by atoms with Gasteiger partial charge in [0.05, 0.1) is 28.8 Å². The summed E-state index contributed by atoms with van der Waals surface area (Å²) in [6.07, 6.45) is -2.60. The summed E-state index contributed by atoms with van der Waals surface area (Å²) in [7, 11) is -0.144. The first kappa shape index (κ1) is 30.6. The Morgan fingerprint density at radius 1 is 1.14 bits per heavy atom. The molecule has 42 heavy (non-hydrogen) atoms. The van der Waals surface area contributed by atoms with Crippen LogP contribution < -0.4 is 26.0 Å². The largest absolute Gasteiger partial charge is 0.416 e. The number of amides is 2. The van der Waals surface area contributed by atoms with E-state index < -0.39 is 27.8 Å². The zero-order chi connectivity index (χ0) is 30.3. The molecule has 1 aliphatic rings. The number of anilines is 4. The van der Waals surface area contributed by atoms with Gasteiger partial charge in [-0.2, -0.15) is 18.2 Å². The molecule has 11 nitrogen and oxygen atoms in total. The fourth-order valence-electron chi connectivity index (χ4n) is 3.90. The molecule has 2 heterocycles. The Hall–Kier alpha value is -4.39. The molecular formula is C27H29F3N8O3S. The van der Waals surface area contributed by atoms with Crippen LogP contribution >= 0.6 is 0 Å². The molecule has 4 rings (SSSR count). The third-order valence-corrected chi connectivity index (χ3v) is 7.32. The minimum absolute atomic E-state index is 0.0451. The van der Waals surface area contributed by atoms with Crippen LogP contribution in [0.1, 0.15) is 23.1 Å². The van der Waals surface area contributed by atoms with Gasteiger partial charge in [-0.05, 0) is 56.4 Å². The number of carbonyl (C=O) groups is 1. The van der Waals surface area contributed by atoms with E-state index in [1.165, 1.54) is 24.4 Å². The number of urea groups is 1. The van der Waals surface area contributed by atoms with Crippen LogP contribution in [-0.2, 0) is 22.7 Å². The third kappa shape index (κ3) is 8.32. The van der Waals surface area contributed by atoms with Gasteiger partial charge in [0.1, 0.15) is 5.82 Å². The molecule has 3 aromatic rings. The van der Waals surface area contributed by atoms with Gasteiger partial charge < -0.3 is 26.2 Å². The van der Waals surface area contributed by atoms with Gasteiger partial charge in [0.15, 0.2) is 0 Å². The van der Waals surface area contributed by atoms with Crippen molar-refractivity contribution in [2.24, 2.45) is 0 Å². The molecule has 1 aromatic heterocycles. The van der Waals surface area contributed by atoms with Gasteiger partial charge in [-0.25, -0.2) is 22.9 Å². The highest BCUT2D eigenvalue weighted by molar-refractivity contribution is 7.89. The van der Waals surface area contributed by atoms with Crippen molar-refractivity contribution in [3.8, 4) is 11.8 Å². The Balaban J connectivity index is 1.45. The van der Waals surface area contributed by atoms with E-state index in [1.807, 2.05) is 0 Å². The van der Waals surface area contributed by atoms with E-state index in [1.54, 1.807) is 31.1 Å². The lowest BCUT2D eigenvalue weighted by atomic mass is 10.1. The van der Waals surface area contributed by atoms with Gasteiger partial charge in [0.2, 0.25) is 16.0 Å². The average Bonchev–Trinajstić information content (AvgIpc) is 2.92. The number of halogens is 3. The number of fused-ring (bicyclic) bond motifs is 4. The van der Waals surface area contributed by atoms with Crippen molar-refractivity contribution in [3.63, 3.8) is 0 Å². The summed E-state index contributed by atoms with van der Waals surface area (Å²) in [6, 6.07) is 8.76. The summed E-state index contributed by atoms with van der Waals surface area (Å²) >= 11 is 0.